The zero-order valence-electron chi connectivity index (χ0n) is 8.78. The first kappa shape index (κ1) is 10.3. The van der Waals surface area contributed by atoms with Gasteiger partial charge in [-0.3, -0.25) is 0 Å². The lowest BCUT2D eigenvalue weighted by atomic mass is 10.4. The van der Waals surface area contributed by atoms with Gasteiger partial charge in [0.15, 0.2) is 5.65 Å². The maximum Gasteiger partial charge on any atom is 0.215 e. The molecule has 0 fully saturated rings. The number of aromatic nitrogens is 3. The van der Waals surface area contributed by atoms with Crippen LogP contribution in [0.3, 0.4) is 0 Å². The highest BCUT2D eigenvalue weighted by molar-refractivity contribution is 7.97. The summed E-state index contributed by atoms with van der Waals surface area (Å²) >= 11 is 1.73. The molecule has 0 unspecified atom stereocenters. The molecule has 0 aromatic carbocycles. The van der Waals surface area contributed by atoms with Gasteiger partial charge in [-0.1, -0.05) is 0 Å². The van der Waals surface area contributed by atoms with E-state index in [4.69, 9.17) is 4.74 Å². The van der Waals surface area contributed by atoms with Gasteiger partial charge in [0, 0.05) is 6.07 Å². The first-order chi connectivity index (χ1) is 7.33. The summed E-state index contributed by atoms with van der Waals surface area (Å²) in [6.07, 6.45) is 2.05. The van der Waals surface area contributed by atoms with E-state index in [1.54, 1.807) is 11.8 Å². The van der Waals surface area contributed by atoms with Crippen LogP contribution in [0.2, 0.25) is 0 Å². The molecule has 0 aliphatic heterocycles. The number of pyridine rings is 1. The van der Waals surface area contributed by atoms with E-state index in [2.05, 4.69) is 15.0 Å². The molecule has 5 heteroatoms. The molecule has 0 spiro atoms. The zero-order chi connectivity index (χ0) is 10.7. The van der Waals surface area contributed by atoms with E-state index >= 15 is 0 Å². The topological polar surface area (TPSA) is 50.8 Å². The fourth-order valence-corrected chi connectivity index (χ4v) is 1.77. The maximum atomic E-state index is 5.31. The van der Waals surface area contributed by atoms with E-state index in [0.717, 1.165) is 22.7 Å². The Kier molecular flexibility index (Phi) is 3.11. The van der Waals surface area contributed by atoms with Gasteiger partial charge in [-0.05, 0) is 19.2 Å². The predicted octanol–water partition coefficient (Wildman–Crippen LogP) is 2.22. The molecule has 0 radical (unpaired) electrons. The minimum Gasteiger partial charge on any atom is -0.478 e. The predicted molar refractivity (Wildman–Crippen MR) is 62.3 cm³/mol. The third kappa shape index (κ3) is 2.23. The van der Waals surface area contributed by atoms with Gasteiger partial charge in [-0.25, -0.2) is 4.98 Å². The molecule has 0 saturated heterocycles. The highest BCUT2D eigenvalue weighted by Gasteiger charge is 2.04. The number of nitrogens with zero attached hydrogens (tertiary/aromatic N) is 2. The van der Waals surface area contributed by atoms with E-state index in [0.29, 0.717) is 12.5 Å². The van der Waals surface area contributed by atoms with Crippen molar-refractivity contribution in [3.05, 3.63) is 18.0 Å². The van der Waals surface area contributed by atoms with E-state index in [-0.39, 0.29) is 0 Å². The number of H-pyrrole nitrogens is 1. The van der Waals surface area contributed by atoms with Crippen LogP contribution in [0.4, 0.5) is 0 Å². The summed E-state index contributed by atoms with van der Waals surface area (Å²) in [6.45, 7) is 2.57. The molecule has 2 aromatic rings. The van der Waals surface area contributed by atoms with Gasteiger partial charge in [0.25, 0.3) is 0 Å². The summed E-state index contributed by atoms with van der Waals surface area (Å²) in [5.74, 6) is 2.46. The van der Waals surface area contributed by atoms with Crippen molar-refractivity contribution >= 4 is 22.9 Å². The monoisotopic (exact) mass is 223 g/mol. The Balaban J connectivity index is 2.34. The van der Waals surface area contributed by atoms with Gasteiger partial charge >= 0.3 is 0 Å². The standard InChI is InChI=1S/C10H13N3OS/c1-3-14-9-5-4-7-10(13-9)12-8(11-7)6-15-2/h4-5H,3,6H2,1-2H3,(H,11,12,13). The summed E-state index contributed by atoms with van der Waals surface area (Å²) in [6, 6.07) is 3.80. The van der Waals surface area contributed by atoms with Crippen molar-refractivity contribution in [3.63, 3.8) is 0 Å². The number of hydrogen-bond acceptors (Lipinski definition) is 4. The lowest BCUT2D eigenvalue weighted by Crippen LogP contribution is -1.93. The van der Waals surface area contributed by atoms with Crippen LogP contribution < -0.4 is 4.74 Å². The summed E-state index contributed by atoms with van der Waals surface area (Å²) < 4.78 is 5.31. The van der Waals surface area contributed by atoms with Crippen molar-refractivity contribution in [3.8, 4) is 5.88 Å². The van der Waals surface area contributed by atoms with Crippen molar-refractivity contribution < 1.29 is 4.74 Å². The summed E-state index contributed by atoms with van der Waals surface area (Å²) in [5.41, 5.74) is 1.69. The SMILES string of the molecule is CCOc1ccc2[nH]c(CSC)nc2n1. The van der Waals surface area contributed by atoms with Gasteiger partial charge in [-0.15, -0.1) is 0 Å². The average Bonchev–Trinajstić information content (AvgIpc) is 2.60. The van der Waals surface area contributed by atoms with Crippen molar-refractivity contribution in [2.45, 2.75) is 12.7 Å². The van der Waals surface area contributed by atoms with Gasteiger partial charge in [0.1, 0.15) is 5.82 Å². The number of ether oxygens (including phenoxy) is 1. The molecule has 2 rings (SSSR count). The molecule has 80 valence electrons. The largest absolute Gasteiger partial charge is 0.478 e. The molecule has 2 heterocycles. The molecular formula is C10H13N3OS. The Bertz CT molecular complexity index is 451. The molecule has 4 nitrogen and oxygen atoms in total. The van der Waals surface area contributed by atoms with E-state index in [9.17, 15) is 0 Å². The number of rotatable bonds is 4. The van der Waals surface area contributed by atoms with E-state index in [1.807, 2.05) is 25.3 Å². The van der Waals surface area contributed by atoms with Crippen LogP contribution in [0.25, 0.3) is 11.2 Å². The quantitative estimate of drug-likeness (QED) is 0.863. The second-order valence-electron chi connectivity index (χ2n) is 3.07. The second kappa shape index (κ2) is 4.53. The molecule has 15 heavy (non-hydrogen) atoms. The van der Waals surface area contributed by atoms with Crippen molar-refractivity contribution in [2.75, 3.05) is 12.9 Å². The van der Waals surface area contributed by atoms with Crippen molar-refractivity contribution in [1.82, 2.24) is 15.0 Å². The van der Waals surface area contributed by atoms with Crippen LogP contribution in [-0.2, 0) is 5.75 Å². The minimum atomic E-state index is 0.626. The Hall–Kier alpha value is -1.23. The lowest BCUT2D eigenvalue weighted by Gasteiger charge is -1.99. The van der Waals surface area contributed by atoms with E-state index in [1.165, 1.54) is 0 Å². The summed E-state index contributed by atoms with van der Waals surface area (Å²) in [5, 5.41) is 0. The highest BCUT2D eigenvalue weighted by atomic mass is 32.2. The Morgan fingerprint density at radius 2 is 2.27 bits per heavy atom. The molecule has 0 bridgehead atoms. The van der Waals surface area contributed by atoms with Gasteiger partial charge in [-0.2, -0.15) is 16.7 Å². The lowest BCUT2D eigenvalue weighted by molar-refractivity contribution is 0.328. The van der Waals surface area contributed by atoms with Crippen molar-refractivity contribution in [1.29, 1.82) is 0 Å². The molecule has 2 aromatic heterocycles. The molecule has 0 amide bonds. The maximum absolute atomic E-state index is 5.31. The summed E-state index contributed by atoms with van der Waals surface area (Å²) in [4.78, 5) is 11.9. The van der Waals surface area contributed by atoms with Gasteiger partial charge < -0.3 is 9.72 Å². The third-order valence-corrected chi connectivity index (χ3v) is 2.50. The molecular weight excluding hydrogens is 210 g/mol. The molecule has 0 atom stereocenters. The van der Waals surface area contributed by atoms with Crippen LogP contribution >= 0.6 is 11.8 Å². The molecule has 0 aliphatic rings. The summed E-state index contributed by atoms with van der Waals surface area (Å²) in [7, 11) is 0. The third-order valence-electron chi connectivity index (χ3n) is 1.94. The van der Waals surface area contributed by atoms with Crippen LogP contribution in [0.1, 0.15) is 12.7 Å². The number of fused-ring (bicyclic) bond motifs is 1. The number of nitrogens with one attached hydrogen (secondary N) is 1. The average molecular weight is 223 g/mol. The zero-order valence-corrected chi connectivity index (χ0v) is 9.60. The van der Waals surface area contributed by atoms with Gasteiger partial charge in [0.2, 0.25) is 5.88 Å². The van der Waals surface area contributed by atoms with Crippen LogP contribution in [0, 0.1) is 0 Å². The second-order valence-corrected chi connectivity index (χ2v) is 3.94. The van der Waals surface area contributed by atoms with Crippen LogP contribution in [0.5, 0.6) is 5.88 Å². The van der Waals surface area contributed by atoms with Gasteiger partial charge in [0.05, 0.1) is 17.9 Å². The first-order valence-electron chi connectivity index (χ1n) is 4.81. The number of hydrogen-bond donors (Lipinski definition) is 1. The molecule has 0 saturated carbocycles. The number of thioether (sulfide) groups is 1. The Labute approximate surface area is 92.5 Å². The smallest absolute Gasteiger partial charge is 0.215 e. The number of aromatic amines is 1. The minimum absolute atomic E-state index is 0.626. The Morgan fingerprint density at radius 1 is 1.40 bits per heavy atom. The first-order valence-corrected chi connectivity index (χ1v) is 6.20. The molecule has 1 N–H and O–H groups in total. The van der Waals surface area contributed by atoms with Crippen LogP contribution in [-0.4, -0.2) is 27.8 Å². The van der Waals surface area contributed by atoms with E-state index < -0.39 is 0 Å². The van der Waals surface area contributed by atoms with Crippen molar-refractivity contribution in [2.24, 2.45) is 0 Å². The highest BCUT2D eigenvalue weighted by Crippen LogP contribution is 2.16. The molecule has 0 aliphatic carbocycles. The number of imidazole rings is 1. The Morgan fingerprint density at radius 3 is 3.00 bits per heavy atom. The fourth-order valence-electron chi connectivity index (χ4n) is 1.36. The normalized spacial score (nSPS) is 10.8. The van der Waals surface area contributed by atoms with Crippen LogP contribution in [0.15, 0.2) is 12.1 Å². The fraction of sp³-hybridized carbons (Fsp3) is 0.400.